The summed E-state index contributed by atoms with van der Waals surface area (Å²) in [6, 6.07) is 6.55. The Bertz CT molecular complexity index is 964. The van der Waals surface area contributed by atoms with E-state index >= 15 is 0 Å². The number of carbonyl (C=O) groups is 2. The number of hydrogen-bond donors (Lipinski definition) is 1. The summed E-state index contributed by atoms with van der Waals surface area (Å²) in [6.45, 7) is 6.74. The molecule has 1 aromatic carbocycles. The lowest BCUT2D eigenvalue weighted by Gasteiger charge is -2.26. The van der Waals surface area contributed by atoms with Gasteiger partial charge in [0.15, 0.2) is 5.76 Å². The second-order valence-corrected chi connectivity index (χ2v) is 8.25. The number of ketones is 1. The lowest BCUT2D eigenvalue weighted by atomic mass is 9.95. The first kappa shape index (κ1) is 22.0. The van der Waals surface area contributed by atoms with Crippen molar-refractivity contribution in [3.8, 4) is 5.75 Å². The number of hydrogen-bond acceptors (Lipinski definition) is 7. The van der Waals surface area contributed by atoms with Crippen LogP contribution in [-0.4, -0.2) is 53.5 Å². The first-order chi connectivity index (χ1) is 14.4. The van der Waals surface area contributed by atoms with E-state index in [2.05, 4.69) is 4.98 Å². The Balaban J connectivity index is 2.02. The predicted molar refractivity (Wildman–Crippen MR) is 114 cm³/mol. The van der Waals surface area contributed by atoms with Crippen LogP contribution < -0.4 is 4.74 Å². The molecule has 8 heteroatoms. The normalized spacial score (nSPS) is 16.5. The average Bonchev–Trinajstić information content (AvgIpc) is 3.20. The van der Waals surface area contributed by atoms with Gasteiger partial charge in [-0.3, -0.25) is 9.59 Å². The largest absolute Gasteiger partial charge is 0.503 e. The van der Waals surface area contributed by atoms with Crippen LogP contribution in [-0.2, 0) is 9.53 Å². The van der Waals surface area contributed by atoms with Gasteiger partial charge in [-0.2, -0.15) is 0 Å². The summed E-state index contributed by atoms with van der Waals surface area (Å²) in [4.78, 5) is 32.4. The minimum atomic E-state index is -0.706. The number of aliphatic hydroxyl groups is 1. The summed E-state index contributed by atoms with van der Waals surface area (Å²) in [5, 5.41) is 11.4. The maximum Gasteiger partial charge on any atom is 0.290 e. The third-order valence-electron chi connectivity index (χ3n) is 4.86. The molecule has 1 atom stereocenters. The number of thiazole rings is 1. The third kappa shape index (κ3) is 4.24. The fraction of sp³-hybridized carbons (Fsp3) is 0.409. The van der Waals surface area contributed by atoms with E-state index in [0.717, 1.165) is 17.0 Å². The molecule has 0 radical (unpaired) electrons. The zero-order valence-corrected chi connectivity index (χ0v) is 18.4. The zero-order valence-electron chi connectivity index (χ0n) is 17.6. The van der Waals surface area contributed by atoms with Crippen molar-refractivity contribution < 1.29 is 24.2 Å². The Morgan fingerprint density at radius 3 is 2.50 bits per heavy atom. The Labute approximate surface area is 180 Å². The van der Waals surface area contributed by atoms with Crippen molar-refractivity contribution in [1.29, 1.82) is 0 Å². The molecule has 1 aromatic heterocycles. The fourth-order valence-electron chi connectivity index (χ4n) is 3.48. The van der Waals surface area contributed by atoms with Gasteiger partial charge < -0.3 is 19.5 Å². The van der Waals surface area contributed by atoms with Crippen LogP contribution >= 0.6 is 11.3 Å². The van der Waals surface area contributed by atoms with E-state index in [1.54, 1.807) is 6.92 Å². The van der Waals surface area contributed by atoms with Crippen molar-refractivity contribution in [2.24, 2.45) is 0 Å². The van der Waals surface area contributed by atoms with Crippen LogP contribution in [0.25, 0.3) is 0 Å². The molecule has 1 aliphatic heterocycles. The van der Waals surface area contributed by atoms with Gasteiger partial charge in [0.2, 0.25) is 5.78 Å². The highest BCUT2D eigenvalue weighted by Gasteiger charge is 2.44. The Morgan fingerprint density at radius 1 is 1.23 bits per heavy atom. The van der Waals surface area contributed by atoms with Crippen LogP contribution in [0.5, 0.6) is 5.75 Å². The van der Waals surface area contributed by atoms with Crippen molar-refractivity contribution in [3.63, 3.8) is 0 Å². The van der Waals surface area contributed by atoms with Crippen LogP contribution in [0.2, 0.25) is 0 Å². The second kappa shape index (κ2) is 9.40. The van der Waals surface area contributed by atoms with Crippen molar-refractivity contribution >= 4 is 23.0 Å². The number of carbonyl (C=O) groups excluding carboxylic acids is 2. The van der Waals surface area contributed by atoms with E-state index in [1.807, 2.05) is 38.1 Å². The summed E-state index contributed by atoms with van der Waals surface area (Å²) >= 11 is 1.26. The quantitative estimate of drug-likeness (QED) is 0.609. The number of aryl methyl sites for hydroxylation is 2. The van der Waals surface area contributed by atoms with Crippen molar-refractivity contribution in [2.45, 2.75) is 33.2 Å². The fourth-order valence-corrected chi connectivity index (χ4v) is 4.36. The van der Waals surface area contributed by atoms with Gasteiger partial charge in [0.1, 0.15) is 5.75 Å². The summed E-state index contributed by atoms with van der Waals surface area (Å²) in [6.07, 6.45) is 0.895. The minimum absolute atomic E-state index is 0.0741. The van der Waals surface area contributed by atoms with Crippen LogP contribution in [0.15, 0.2) is 35.6 Å². The summed E-state index contributed by atoms with van der Waals surface area (Å²) in [5.41, 5.74) is 1.38. The number of benzene rings is 1. The molecule has 0 saturated carbocycles. The van der Waals surface area contributed by atoms with Gasteiger partial charge in [0, 0.05) is 13.7 Å². The van der Waals surface area contributed by atoms with E-state index < -0.39 is 17.7 Å². The van der Waals surface area contributed by atoms with Crippen molar-refractivity contribution in [1.82, 2.24) is 9.88 Å². The maximum absolute atomic E-state index is 13.4. The molecule has 0 spiro atoms. The van der Waals surface area contributed by atoms with Crippen LogP contribution in [0.3, 0.4) is 0 Å². The molecule has 160 valence electrons. The molecule has 30 heavy (non-hydrogen) atoms. The molecule has 3 rings (SSSR count). The Morgan fingerprint density at radius 2 is 1.93 bits per heavy atom. The highest BCUT2D eigenvalue weighted by atomic mass is 32.1. The first-order valence-electron chi connectivity index (χ1n) is 9.83. The minimum Gasteiger partial charge on any atom is -0.503 e. The molecule has 0 saturated heterocycles. The van der Waals surface area contributed by atoms with Gasteiger partial charge >= 0.3 is 0 Å². The summed E-state index contributed by atoms with van der Waals surface area (Å²) in [5.74, 6) is -0.757. The van der Waals surface area contributed by atoms with Gasteiger partial charge in [-0.1, -0.05) is 19.1 Å². The average molecular weight is 431 g/mol. The zero-order chi connectivity index (χ0) is 21.8. The Hall–Kier alpha value is -2.71. The first-order valence-corrected chi connectivity index (χ1v) is 10.6. The van der Waals surface area contributed by atoms with Gasteiger partial charge in [0.05, 0.1) is 40.4 Å². The second-order valence-electron chi connectivity index (χ2n) is 7.05. The molecule has 1 amide bonds. The highest BCUT2D eigenvalue weighted by Crippen LogP contribution is 2.40. The molecule has 2 heterocycles. The van der Waals surface area contributed by atoms with Gasteiger partial charge in [0.25, 0.3) is 5.91 Å². The number of nitrogens with zero attached hydrogens (tertiary/aromatic N) is 2. The van der Waals surface area contributed by atoms with E-state index in [9.17, 15) is 14.7 Å². The molecular formula is C22H26N2O5S. The lowest BCUT2D eigenvalue weighted by Crippen LogP contribution is -2.34. The predicted octanol–water partition coefficient (Wildman–Crippen LogP) is 3.77. The van der Waals surface area contributed by atoms with E-state index in [-0.39, 0.29) is 24.5 Å². The number of rotatable bonds is 9. The van der Waals surface area contributed by atoms with Gasteiger partial charge in [-0.15, -0.1) is 11.3 Å². The van der Waals surface area contributed by atoms with Crippen LogP contribution in [0, 0.1) is 13.8 Å². The molecule has 0 fully saturated rings. The third-order valence-corrected chi connectivity index (χ3v) is 5.93. The molecule has 0 aliphatic carbocycles. The monoisotopic (exact) mass is 430 g/mol. The molecular weight excluding hydrogens is 404 g/mol. The van der Waals surface area contributed by atoms with E-state index in [1.165, 1.54) is 23.3 Å². The number of Topliss-reactive ketones (excluding diaryl/α,β-unsaturated/α-hetero) is 1. The van der Waals surface area contributed by atoms with Gasteiger partial charge in [-0.05, 0) is 38.0 Å². The van der Waals surface area contributed by atoms with Gasteiger partial charge in [-0.25, -0.2) is 4.98 Å². The lowest BCUT2D eigenvalue weighted by molar-refractivity contribution is -0.130. The molecule has 1 N–H and O–H groups in total. The Kier molecular flexibility index (Phi) is 6.89. The number of ether oxygens (including phenoxy) is 2. The molecule has 7 nitrogen and oxygen atoms in total. The number of methoxy groups -OCH3 is 1. The standard InChI is InChI=1S/C22H26N2O5S/c1-5-11-29-16-8-6-15(7-9-16)18-17(19(25)21-13(2)23-14(3)30-21)20(26)22(27)24(18)10-12-28-4/h6-9,18,26H,5,10-12H2,1-4H3. The molecule has 1 unspecified atom stereocenters. The topological polar surface area (TPSA) is 89.0 Å². The molecule has 1 aliphatic rings. The SMILES string of the molecule is CCCOc1ccc(C2C(C(=O)c3sc(C)nc3C)=C(O)C(=O)N2CCOC)cc1. The van der Waals surface area contributed by atoms with Crippen molar-refractivity contribution in [2.75, 3.05) is 26.9 Å². The molecule has 0 bridgehead atoms. The van der Waals surface area contributed by atoms with Crippen LogP contribution in [0.4, 0.5) is 0 Å². The number of aromatic nitrogens is 1. The van der Waals surface area contributed by atoms with Crippen molar-refractivity contribution in [3.05, 3.63) is 56.7 Å². The molecule has 2 aromatic rings. The smallest absolute Gasteiger partial charge is 0.290 e. The number of aliphatic hydroxyl groups excluding tert-OH is 1. The maximum atomic E-state index is 13.4. The highest BCUT2D eigenvalue weighted by molar-refractivity contribution is 7.14. The number of amides is 1. The summed E-state index contributed by atoms with van der Waals surface area (Å²) in [7, 11) is 1.54. The van der Waals surface area contributed by atoms with E-state index in [4.69, 9.17) is 9.47 Å². The summed E-state index contributed by atoms with van der Waals surface area (Å²) < 4.78 is 10.8. The van der Waals surface area contributed by atoms with E-state index in [0.29, 0.717) is 22.9 Å². The van der Waals surface area contributed by atoms with Crippen LogP contribution in [0.1, 0.15) is 45.3 Å².